The number of likely N-dealkylation sites (tertiary alicyclic amines) is 1. The van der Waals surface area contributed by atoms with Gasteiger partial charge in [-0.05, 0) is 32.6 Å². The van der Waals surface area contributed by atoms with Crippen LogP contribution in [0.2, 0.25) is 0 Å². The molecule has 3 rings (SSSR count). The third-order valence-electron chi connectivity index (χ3n) is 4.47. The molecule has 25 heavy (non-hydrogen) atoms. The summed E-state index contributed by atoms with van der Waals surface area (Å²) < 4.78 is 1.71. The van der Waals surface area contributed by atoms with E-state index in [1.165, 1.54) is 17.5 Å². The van der Waals surface area contributed by atoms with E-state index in [1.54, 1.807) is 10.9 Å². The van der Waals surface area contributed by atoms with Crippen molar-refractivity contribution in [3.05, 3.63) is 33.5 Å². The number of nitrogens with zero attached hydrogens (tertiary/aromatic N) is 4. The van der Waals surface area contributed by atoms with E-state index in [2.05, 4.69) is 17.0 Å². The summed E-state index contributed by atoms with van der Waals surface area (Å²) in [5.41, 5.74) is 1.01. The number of carbonyl (C=O) groups is 2. The summed E-state index contributed by atoms with van der Waals surface area (Å²) in [5, 5.41) is 14.2. The van der Waals surface area contributed by atoms with Crippen molar-refractivity contribution in [1.29, 1.82) is 0 Å². The average molecular weight is 362 g/mol. The number of aryl methyl sites for hydroxylation is 2. The molecule has 0 aliphatic carbocycles. The summed E-state index contributed by atoms with van der Waals surface area (Å²) in [6.07, 6.45) is 6.41. The van der Waals surface area contributed by atoms with Gasteiger partial charge in [-0.1, -0.05) is 6.92 Å². The van der Waals surface area contributed by atoms with Gasteiger partial charge in [0, 0.05) is 19.3 Å². The van der Waals surface area contributed by atoms with E-state index < -0.39 is 5.97 Å². The molecule has 0 aromatic carbocycles. The highest BCUT2D eigenvalue weighted by Crippen LogP contribution is 2.26. The van der Waals surface area contributed by atoms with Crippen molar-refractivity contribution in [3.8, 4) is 0 Å². The van der Waals surface area contributed by atoms with Gasteiger partial charge in [0.1, 0.15) is 4.88 Å². The molecule has 0 radical (unpaired) electrons. The maximum atomic E-state index is 12.8. The summed E-state index contributed by atoms with van der Waals surface area (Å²) in [5.74, 6) is -0.912. The Hall–Kier alpha value is -2.22. The van der Waals surface area contributed by atoms with Crippen LogP contribution >= 0.6 is 11.3 Å². The van der Waals surface area contributed by atoms with E-state index >= 15 is 0 Å². The molecule has 1 aliphatic heterocycles. The van der Waals surface area contributed by atoms with Crippen LogP contribution in [0.5, 0.6) is 0 Å². The van der Waals surface area contributed by atoms with Crippen molar-refractivity contribution in [1.82, 2.24) is 19.7 Å². The first kappa shape index (κ1) is 17.6. The molecule has 0 bridgehead atoms. The van der Waals surface area contributed by atoms with Gasteiger partial charge in [-0.3, -0.25) is 9.48 Å². The fourth-order valence-electron chi connectivity index (χ4n) is 3.10. The highest BCUT2D eigenvalue weighted by atomic mass is 32.1. The Labute approximate surface area is 150 Å². The average Bonchev–Trinajstić information content (AvgIpc) is 3.22. The third kappa shape index (κ3) is 3.73. The molecule has 7 nitrogen and oxygen atoms in total. The Morgan fingerprint density at radius 3 is 2.68 bits per heavy atom. The second-order valence-electron chi connectivity index (χ2n) is 6.31. The number of hydrogen-bond donors (Lipinski definition) is 1. The summed E-state index contributed by atoms with van der Waals surface area (Å²) in [6.45, 7) is 5.29. The molecule has 8 heteroatoms. The number of carboxylic acid groups (broad SMARTS) is 1. The zero-order valence-electron chi connectivity index (χ0n) is 14.4. The van der Waals surface area contributed by atoms with Crippen LogP contribution in [-0.4, -0.2) is 49.7 Å². The van der Waals surface area contributed by atoms with Gasteiger partial charge in [-0.2, -0.15) is 5.10 Å². The summed E-state index contributed by atoms with van der Waals surface area (Å²) in [4.78, 5) is 30.8. The highest BCUT2D eigenvalue weighted by molar-refractivity contribution is 7.13. The van der Waals surface area contributed by atoms with Crippen LogP contribution in [0, 0.1) is 6.92 Å². The number of rotatable bonds is 5. The predicted octanol–water partition coefficient (Wildman–Crippen LogP) is 2.78. The van der Waals surface area contributed by atoms with Gasteiger partial charge in [-0.25, -0.2) is 9.78 Å². The predicted molar refractivity (Wildman–Crippen MR) is 94.2 cm³/mol. The summed E-state index contributed by atoms with van der Waals surface area (Å²) in [7, 11) is 0. The topological polar surface area (TPSA) is 88.3 Å². The van der Waals surface area contributed by atoms with E-state index in [0.29, 0.717) is 13.1 Å². The van der Waals surface area contributed by atoms with Crippen molar-refractivity contribution >= 4 is 23.2 Å². The number of aromatic carboxylic acids is 1. The number of thiazole rings is 1. The molecule has 3 heterocycles. The monoisotopic (exact) mass is 362 g/mol. The molecular weight excluding hydrogens is 340 g/mol. The summed E-state index contributed by atoms with van der Waals surface area (Å²) >= 11 is 1.50. The van der Waals surface area contributed by atoms with E-state index in [4.69, 9.17) is 5.11 Å². The number of carbonyl (C=O) groups excluding carboxylic acids is 1. The lowest BCUT2D eigenvalue weighted by Gasteiger charge is -2.31. The number of hydrogen-bond acceptors (Lipinski definition) is 5. The molecule has 0 saturated carbocycles. The molecule has 0 atom stereocenters. The maximum absolute atomic E-state index is 12.8. The number of piperidine rings is 1. The van der Waals surface area contributed by atoms with Crippen LogP contribution in [0.15, 0.2) is 12.4 Å². The van der Waals surface area contributed by atoms with E-state index in [0.717, 1.165) is 41.3 Å². The first-order valence-corrected chi connectivity index (χ1v) is 9.34. The fourth-order valence-corrected chi connectivity index (χ4v) is 4.23. The minimum absolute atomic E-state index is 0.0579. The molecule has 2 aromatic heterocycles. The Balaban J connectivity index is 1.63. The second kappa shape index (κ2) is 7.35. The van der Waals surface area contributed by atoms with Gasteiger partial charge in [0.25, 0.3) is 5.91 Å². The molecule has 0 spiro atoms. The van der Waals surface area contributed by atoms with Crippen molar-refractivity contribution in [2.75, 3.05) is 13.1 Å². The van der Waals surface area contributed by atoms with Crippen LogP contribution < -0.4 is 0 Å². The normalized spacial score (nSPS) is 15.5. The van der Waals surface area contributed by atoms with E-state index in [9.17, 15) is 9.59 Å². The van der Waals surface area contributed by atoms with Gasteiger partial charge in [-0.15, -0.1) is 11.3 Å². The standard InChI is InChI=1S/C17H22N4O3S/c1-3-4-14-19-11(2)15(25-14)16(22)20-7-5-13(6-8-20)21-10-12(9-18-21)17(23)24/h9-10,13H,3-8H2,1-2H3,(H,23,24). The SMILES string of the molecule is CCCc1nc(C)c(C(=O)N2CCC(n3cc(C(=O)O)cn3)CC2)s1. The molecule has 0 unspecified atom stereocenters. The first-order chi connectivity index (χ1) is 12.0. The van der Waals surface area contributed by atoms with Crippen molar-refractivity contribution in [2.45, 2.75) is 45.6 Å². The quantitative estimate of drug-likeness (QED) is 0.883. The van der Waals surface area contributed by atoms with E-state index in [-0.39, 0.29) is 17.5 Å². The number of amides is 1. The smallest absolute Gasteiger partial charge is 0.338 e. The molecule has 1 N–H and O–H groups in total. The van der Waals surface area contributed by atoms with Crippen molar-refractivity contribution < 1.29 is 14.7 Å². The molecule has 1 aliphatic rings. The van der Waals surface area contributed by atoms with Crippen LogP contribution in [0.4, 0.5) is 0 Å². The Kier molecular flexibility index (Phi) is 5.17. The van der Waals surface area contributed by atoms with Gasteiger partial charge in [0.2, 0.25) is 0 Å². The molecule has 134 valence electrons. The molecular formula is C17H22N4O3S. The molecule has 1 fully saturated rings. The van der Waals surface area contributed by atoms with Crippen LogP contribution in [0.3, 0.4) is 0 Å². The Morgan fingerprint density at radius 1 is 1.36 bits per heavy atom. The van der Waals surface area contributed by atoms with Crippen LogP contribution in [-0.2, 0) is 6.42 Å². The minimum Gasteiger partial charge on any atom is -0.478 e. The minimum atomic E-state index is -0.970. The molecule has 2 aromatic rings. The first-order valence-electron chi connectivity index (χ1n) is 8.52. The fraction of sp³-hybridized carbons (Fsp3) is 0.529. The van der Waals surface area contributed by atoms with Crippen LogP contribution in [0.1, 0.15) is 63.0 Å². The van der Waals surface area contributed by atoms with Gasteiger partial charge >= 0.3 is 5.97 Å². The van der Waals surface area contributed by atoms with Crippen molar-refractivity contribution in [2.24, 2.45) is 0 Å². The number of carboxylic acids is 1. The van der Waals surface area contributed by atoms with Gasteiger partial charge in [0.15, 0.2) is 0 Å². The zero-order chi connectivity index (χ0) is 18.0. The zero-order valence-corrected chi connectivity index (χ0v) is 15.3. The van der Waals surface area contributed by atoms with E-state index in [1.807, 2.05) is 11.8 Å². The lowest BCUT2D eigenvalue weighted by molar-refractivity contribution is 0.0691. The lowest BCUT2D eigenvalue weighted by atomic mass is 10.0. The Morgan fingerprint density at radius 2 is 2.08 bits per heavy atom. The molecule has 1 amide bonds. The lowest BCUT2D eigenvalue weighted by Crippen LogP contribution is -2.39. The third-order valence-corrected chi connectivity index (χ3v) is 5.68. The largest absolute Gasteiger partial charge is 0.478 e. The number of aromatic nitrogens is 3. The van der Waals surface area contributed by atoms with Crippen LogP contribution in [0.25, 0.3) is 0 Å². The molecule has 1 saturated heterocycles. The summed E-state index contributed by atoms with van der Waals surface area (Å²) in [6, 6.07) is 0.135. The van der Waals surface area contributed by atoms with Gasteiger partial charge < -0.3 is 10.0 Å². The van der Waals surface area contributed by atoms with Crippen molar-refractivity contribution in [3.63, 3.8) is 0 Å². The second-order valence-corrected chi connectivity index (χ2v) is 7.39. The maximum Gasteiger partial charge on any atom is 0.338 e. The highest BCUT2D eigenvalue weighted by Gasteiger charge is 2.27. The Bertz CT molecular complexity index is 775. The van der Waals surface area contributed by atoms with Gasteiger partial charge in [0.05, 0.1) is 28.5 Å².